The third-order valence-electron chi connectivity index (χ3n) is 4.52. The highest BCUT2D eigenvalue weighted by Gasteiger charge is 2.32. The van der Waals surface area contributed by atoms with Crippen LogP contribution in [0.1, 0.15) is 62.6 Å². The molecule has 0 amide bonds. The lowest BCUT2D eigenvalue weighted by atomic mass is 9.94. The van der Waals surface area contributed by atoms with Crippen LogP contribution in [0.25, 0.3) is 0 Å². The second-order valence-corrected chi connectivity index (χ2v) is 7.77. The first-order chi connectivity index (χ1) is 10.8. The van der Waals surface area contributed by atoms with Crippen LogP contribution >= 0.6 is 11.6 Å². The van der Waals surface area contributed by atoms with Crippen molar-refractivity contribution < 1.29 is 4.42 Å². The Labute approximate surface area is 142 Å². The first-order valence-electron chi connectivity index (χ1n) is 8.15. The first kappa shape index (κ1) is 16.5. The minimum atomic E-state index is -0.0150. The summed E-state index contributed by atoms with van der Waals surface area (Å²) in [6, 6.07) is 0.293. The molecule has 1 fully saturated rings. The van der Waals surface area contributed by atoms with Crippen molar-refractivity contribution in [2.45, 2.75) is 58.5 Å². The number of rotatable bonds is 3. The zero-order chi connectivity index (χ0) is 16.8. The van der Waals surface area contributed by atoms with E-state index in [1.807, 2.05) is 20.2 Å². The van der Waals surface area contributed by atoms with Gasteiger partial charge in [-0.15, -0.1) is 0 Å². The van der Waals surface area contributed by atoms with Crippen LogP contribution in [-0.4, -0.2) is 26.2 Å². The lowest BCUT2D eigenvalue weighted by Crippen LogP contribution is -2.23. The number of nitrogens with zero attached hydrogens (tertiary/aromatic N) is 4. The molecule has 1 atom stereocenters. The fraction of sp³-hybridized carbons (Fsp3) is 0.647. The van der Waals surface area contributed by atoms with Crippen molar-refractivity contribution in [2.75, 3.05) is 6.54 Å². The molecule has 1 saturated heterocycles. The maximum atomic E-state index is 6.46. The van der Waals surface area contributed by atoms with Gasteiger partial charge in [-0.2, -0.15) is 5.10 Å². The Kier molecular flexibility index (Phi) is 4.27. The van der Waals surface area contributed by atoms with Crippen molar-refractivity contribution in [3.63, 3.8) is 0 Å². The maximum Gasteiger partial charge on any atom is 0.208 e. The highest BCUT2D eigenvalue weighted by Crippen LogP contribution is 2.38. The van der Waals surface area contributed by atoms with Gasteiger partial charge in [-0.05, 0) is 26.3 Å². The number of halogens is 1. The number of hydrogen-bond donors (Lipinski definition) is 0. The van der Waals surface area contributed by atoms with Crippen LogP contribution in [0.5, 0.6) is 0 Å². The molecule has 6 heteroatoms. The topological polar surface area (TPSA) is 47.1 Å². The van der Waals surface area contributed by atoms with Crippen LogP contribution < -0.4 is 0 Å². The van der Waals surface area contributed by atoms with E-state index >= 15 is 0 Å². The molecule has 2 aromatic rings. The average molecular weight is 337 g/mol. The predicted molar refractivity (Wildman–Crippen MR) is 90.5 cm³/mol. The van der Waals surface area contributed by atoms with E-state index in [-0.39, 0.29) is 5.41 Å². The Bertz CT molecular complexity index is 698. The van der Waals surface area contributed by atoms with Crippen molar-refractivity contribution in [3.05, 3.63) is 34.3 Å². The van der Waals surface area contributed by atoms with E-state index in [2.05, 4.69) is 35.8 Å². The van der Waals surface area contributed by atoms with E-state index in [1.54, 1.807) is 4.68 Å². The summed E-state index contributed by atoms with van der Waals surface area (Å²) >= 11 is 6.46. The normalized spacial score (nSPS) is 19.7. The summed E-state index contributed by atoms with van der Waals surface area (Å²) in [7, 11) is 1.89. The summed E-state index contributed by atoms with van der Waals surface area (Å²) in [6.45, 7) is 10.2. The predicted octanol–water partition coefficient (Wildman–Crippen LogP) is 4.00. The number of likely N-dealkylation sites (tertiary alicyclic amines) is 1. The highest BCUT2D eigenvalue weighted by atomic mass is 35.5. The number of oxazole rings is 1. The van der Waals surface area contributed by atoms with Gasteiger partial charge in [0.1, 0.15) is 10.9 Å². The van der Waals surface area contributed by atoms with Gasteiger partial charge in [-0.3, -0.25) is 9.58 Å². The monoisotopic (exact) mass is 336 g/mol. The summed E-state index contributed by atoms with van der Waals surface area (Å²) in [6.07, 6.45) is 4.10. The molecule has 0 bridgehead atoms. The zero-order valence-electron chi connectivity index (χ0n) is 14.6. The van der Waals surface area contributed by atoms with E-state index in [4.69, 9.17) is 16.0 Å². The molecule has 0 aromatic carbocycles. The summed E-state index contributed by atoms with van der Waals surface area (Å²) < 4.78 is 7.71. The lowest BCUT2D eigenvalue weighted by Gasteiger charge is -2.23. The number of aromatic nitrogens is 3. The van der Waals surface area contributed by atoms with Gasteiger partial charge < -0.3 is 4.42 Å². The molecular formula is C17H25ClN4O. The Morgan fingerprint density at radius 1 is 1.39 bits per heavy atom. The van der Waals surface area contributed by atoms with Crippen LogP contribution in [0, 0.1) is 6.92 Å². The fourth-order valence-corrected chi connectivity index (χ4v) is 3.57. The minimum Gasteiger partial charge on any atom is -0.444 e. The van der Waals surface area contributed by atoms with Gasteiger partial charge in [-0.25, -0.2) is 4.98 Å². The Hall–Kier alpha value is -1.33. The van der Waals surface area contributed by atoms with Crippen molar-refractivity contribution in [1.82, 2.24) is 19.7 Å². The molecule has 5 nitrogen and oxygen atoms in total. The zero-order valence-corrected chi connectivity index (χ0v) is 15.3. The number of aryl methyl sites for hydroxylation is 2. The van der Waals surface area contributed by atoms with Crippen molar-refractivity contribution in [2.24, 2.45) is 7.05 Å². The van der Waals surface area contributed by atoms with E-state index < -0.39 is 0 Å². The molecule has 1 aliphatic heterocycles. The van der Waals surface area contributed by atoms with E-state index in [1.165, 1.54) is 0 Å². The molecule has 2 aromatic heterocycles. The van der Waals surface area contributed by atoms with E-state index in [0.29, 0.717) is 12.6 Å². The van der Waals surface area contributed by atoms with Gasteiger partial charge >= 0.3 is 0 Å². The molecular weight excluding hydrogens is 312 g/mol. The van der Waals surface area contributed by atoms with Gasteiger partial charge in [0.25, 0.3) is 0 Å². The molecule has 3 rings (SSSR count). The summed E-state index contributed by atoms with van der Waals surface area (Å²) in [5.41, 5.74) is 2.14. The van der Waals surface area contributed by atoms with Crippen LogP contribution in [0.4, 0.5) is 0 Å². The summed E-state index contributed by atoms with van der Waals surface area (Å²) in [4.78, 5) is 6.86. The van der Waals surface area contributed by atoms with E-state index in [0.717, 1.165) is 47.4 Å². The molecule has 0 spiro atoms. The molecule has 0 saturated carbocycles. The second-order valence-electron chi connectivity index (χ2n) is 7.41. The molecule has 0 unspecified atom stereocenters. The first-order valence-corrected chi connectivity index (χ1v) is 8.53. The standard InChI is InChI=1S/C17H25ClN4O/c1-11-15(16(18)21(5)20-11)12-7-6-8-22(12)10-14-19-9-13(23-14)17(2,3)4/h9,12H,6-8,10H2,1-5H3/t12-/m1/s1. The van der Waals surface area contributed by atoms with E-state index in [9.17, 15) is 0 Å². The smallest absolute Gasteiger partial charge is 0.208 e. The molecule has 0 radical (unpaired) electrons. The van der Waals surface area contributed by atoms with Crippen molar-refractivity contribution in [1.29, 1.82) is 0 Å². The van der Waals surface area contributed by atoms with Crippen LogP contribution in [0.2, 0.25) is 5.15 Å². The van der Waals surface area contributed by atoms with Gasteiger partial charge in [0, 0.05) is 24.1 Å². The lowest BCUT2D eigenvalue weighted by molar-refractivity contribution is 0.217. The van der Waals surface area contributed by atoms with Gasteiger partial charge in [0.05, 0.1) is 18.4 Å². The Morgan fingerprint density at radius 2 is 2.13 bits per heavy atom. The molecule has 1 aliphatic rings. The molecule has 0 N–H and O–H groups in total. The number of hydrogen-bond acceptors (Lipinski definition) is 4. The van der Waals surface area contributed by atoms with Crippen LogP contribution in [0.3, 0.4) is 0 Å². The molecule has 3 heterocycles. The average Bonchev–Trinajstić information content (AvgIpc) is 3.13. The third-order valence-corrected chi connectivity index (χ3v) is 4.97. The summed E-state index contributed by atoms with van der Waals surface area (Å²) in [5.74, 6) is 1.71. The molecule has 0 aliphatic carbocycles. The third kappa shape index (κ3) is 3.17. The summed E-state index contributed by atoms with van der Waals surface area (Å²) in [5, 5.41) is 5.19. The van der Waals surface area contributed by atoms with Gasteiger partial charge in [0.15, 0.2) is 0 Å². The highest BCUT2D eigenvalue weighted by molar-refractivity contribution is 6.30. The fourth-order valence-electron chi connectivity index (χ4n) is 3.27. The van der Waals surface area contributed by atoms with Crippen molar-refractivity contribution >= 4 is 11.6 Å². The Morgan fingerprint density at radius 3 is 2.70 bits per heavy atom. The molecule has 23 heavy (non-hydrogen) atoms. The van der Waals surface area contributed by atoms with Crippen LogP contribution in [-0.2, 0) is 19.0 Å². The van der Waals surface area contributed by atoms with Gasteiger partial charge in [0.2, 0.25) is 5.89 Å². The quantitative estimate of drug-likeness (QED) is 0.849. The largest absolute Gasteiger partial charge is 0.444 e. The minimum absolute atomic E-state index is 0.0150. The second kappa shape index (κ2) is 5.95. The van der Waals surface area contributed by atoms with Crippen LogP contribution in [0.15, 0.2) is 10.6 Å². The SMILES string of the molecule is Cc1nn(C)c(Cl)c1[C@H]1CCCN1Cc1ncc(C(C)(C)C)o1. The van der Waals surface area contributed by atoms with Gasteiger partial charge in [-0.1, -0.05) is 32.4 Å². The maximum absolute atomic E-state index is 6.46. The Balaban J connectivity index is 1.81. The van der Waals surface area contributed by atoms with Crippen molar-refractivity contribution in [3.8, 4) is 0 Å². The molecule has 126 valence electrons.